The van der Waals surface area contributed by atoms with Gasteiger partial charge in [-0.15, -0.1) is 0 Å². The van der Waals surface area contributed by atoms with Gasteiger partial charge >= 0.3 is 0 Å². The van der Waals surface area contributed by atoms with Crippen LogP contribution in [0.4, 0.5) is 0 Å². The number of benzene rings is 1. The molecule has 0 aliphatic carbocycles. The average Bonchev–Trinajstić information content (AvgIpc) is 3.21. The molecule has 2 N–H and O–H groups in total. The van der Waals surface area contributed by atoms with Crippen LogP contribution in [0.3, 0.4) is 0 Å². The molecule has 0 saturated carbocycles. The molecule has 0 atom stereocenters. The first-order chi connectivity index (χ1) is 12.7. The quantitative estimate of drug-likeness (QED) is 0.799. The average molecular weight is 356 g/mol. The number of nitrogens with zero attached hydrogens (tertiary/aromatic N) is 2. The van der Waals surface area contributed by atoms with E-state index in [2.05, 4.69) is 22.7 Å². The van der Waals surface area contributed by atoms with Gasteiger partial charge in [0, 0.05) is 24.5 Å². The van der Waals surface area contributed by atoms with Crippen LogP contribution in [0, 0.1) is 6.92 Å². The summed E-state index contributed by atoms with van der Waals surface area (Å²) in [6, 6.07) is 7.98. The van der Waals surface area contributed by atoms with Crippen molar-refractivity contribution in [1.82, 2.24) is 20.4 Å². The Morgan fingerprint density at radius 3 is 2.88 bits per heavy atom. The third-order valence-electron chi connectivity index (χ3n) is 4.92. The molecule has 1 aliphatic rings. The summed E-state index contributed by atoms with van der Waals surface area (Å²) in [4.78, 5) is 13.1. The van der Waals surface area contributed by atoms with E-state index < -0.39 is 5.54 Å². The summed E-state index contributed by atoms with van der Waals surface area (Å²) < 4.78 is 7.68. The van der Waals surface area contributed by atoms with E-state index in [1.54, 1.807) is 6.20 Å². The van der Waals surface area contributed by atoms with Gasteiger partial charge in [-0.1, -0.05) is 19.1 Å². The SMILES string of the molecule is CCCOc1cc(C)ccc1CNC(=O)C1(n2cccn2)CCNCC1. The van der Waals surface area contributed by atoms with Crippen molar-refractivity contribution in [2.45, 2.75) is 45.2 Å². The predicted octanol–water partition coefficient (Wildman–Crippen LogP) is 2.38. The molecule has 2 aromatic rings. The molecule has 1 aromatic heterocycles. The molecule has 6 nitrogen and oxygen atoms in total. The van der Waals surface area contributed by atoms with E-state index in [0.29, 0.717) is 13.2 Å². The number of carbonyl (C=O) groups excluding carboxylic acids is 1. The second-order valence-electron chi connectivity index (χ2n) is 6.87. The van der Waals surface area contributed by atoms with Gasteiger partial charge in [0.05, 0.1) is 6.61 Å². The van der Waals surface area contributed by atoms with Crippen molar-refractivity contribution in [2.75, 3.05) is 19.7 Å². The van der Waals surface area contributed by atoms with Crippen LogP contribution in [-0.2, 0) is 16.9 Å². The van der Waals surface area contributed by atoms with Gasteiger partial charge in [-0.25, -0.2) is 0 Å². The van der Waals surface area contributed by atoms with Gasteiger partial charge < -0.3 is 15.4 Å². The van der Waals surface area contributed by atoms with Crippen LogP contribution in [0.15, 0.2) is 36.7 Å². The molecule has 3 rings (SSSR count). The van der Waals surface area contributed by atoms with Crippen molar-refractivity contribution in [1.29, 1.82) is 0 Å². The summed E-state index contributed by atoms with van der Waals surface area (Å²) in [5.74, 6) is 0.871. The van der Waals surface area contributed by atoms with Crippen LogP contribution in [0.5, 0.6) is 5.75 Å². The summed E-state index contributed by atoms with van der Waals surface area (Å²) in [6.07, 6.45) is 6.02. The van der Waals surface area contributed by atoms with Crippen LogP contribution >= 0.6 is 0 Å². The Morgan fingerprint density at radius 1 is 1.38 bits per heavy atom. The Kier molecular flexibility index (Phi) is 5.93. The Bertz CT molecular complexity index is 721. The molecule has 6 heteroatoms. The lowest BCUT2D eigenvalue weighted by Crippen LogP contribution is -2.54. The number of aryl methyl sites for hydroxylation is 1. The molecule has 1 aliphatic heterocycles. The van der Waals surface area contributed by atoms with E-state index in [1.807, 2.05) is 42.1 Å². The van der Waals surface area contributed by atoms with Crippen LogP contribution in [-0.4, -0.2) is 35.4 Å². The zero-order valence-corrected chi connectivity index (χ0v) is 15.6. The Hall–Kier alpha value is -2.34. The molecule has 26 heavy (non-hydrogen) atoms. The zero-order chi connectivity index (χ0) is 18.4. The number of hydrogen-bond acceptors (Lipinski definition) is 4. The number of carbonyl (C=O) groups is 1. The smallest absolute Gasteiger partial charge is 0.248 e. The largest absolute Gasteiger partial charge is 0.493 e. The fourth-order valence-corrected chi connectivity index (χ4v) is 3.42. The first-order valence-electron chi connectivity index (χ1n) is 9.37. The third-order valence-corrected chi connectivity index (χ3v) is 4.92. The lowest BCUT2D eigenvalue weighted by molar-refractivity contribution is -0.132. The van der Waals surface area contributed by atoms with Crippen LogP contribution in [0.25, 0.3) is 0 Å². The number of hydrogen-bond donors (Lipinski definition) is 2. The molecule has 0 spiro atoms. The Labute approximate surface area is 154 Å². The summed E-state index contributed by atoms with van der Waals surface area (Å²) in [7, 11) is 0. The van der Waals surface area contributed by atoms with Gasteiger partial charge in [-0.05, 0) is 57.0 Å². The molecule has 140 valence electrons. The molecule has 0 bridgehead atoms. The maximum Gasteiger partial charge on any atom is 0.248 e. The summed E-state index contributed by atoms with van der Waals surface area (Å²) in [5, 5.41) is 10.8. The number of aromatic nitrogens is 2. The monoisotopic (exact) mass is 356 g/mol. The minimum atomic E-state index is -0.621. The Balaban J connectivity index is 1.75. The molecule has 1 saturated heterocycles. The highest BCUT2D eigenvalue weighted by Crippen LogP contribution is 2.28. The van der Waals surface area contributed by atoms with Crippen molar-refractivity contribution < 1.29 is 9.53 Å². The number of nitrogens with one attached hydrogen (secondary N) is 2. The molecular formula is C20H28N4O2. The van der Waals surface area contributed by atoms with Gasteiger partial charge in [0.1, 0.15) is 11.3 Å². The van der Waals surface area contributed by atoms with E-state index in [1.165, 1.54) is 0 Å². The van der Waals surface area contributed by atoms with Crippen LogP contribution in [0.1, 0.15) is 37.3 Å². The van der Waals surface area contributed by atoms with Crippen molar-refractivity contribution in [3.05, 3.63) is 47.8 Å². The number of rotatable bonds is 7. The highest BCUT2D eigenvalue weighted by molar-refractivity contribution is 5.84. The number of ether oxygens (including phenoxy) is 1. The maximum atomic E-state index is 13.1. The topological polar surface area (TPSA) is 68.2 Å². The molecule has 1 amide bonds. The van der Waals surface area contributed by atoms with Crippen molar-refractivity contribution >= 4 is 5.91 Å². The second kappa shape index (κ2) is 8.36. The summed E-state index contributed by atoms with van der Waals surface area (Å²) in [5.41, 5.74) is 1.53. The predicted molar refractivity (Wildman–Crippen MR) is 101 cm³/mol. The second-order valence-corrected chi connectivity index (χ2v) is 6.87. The lowest BCUT2D eigenvalue weighted by atomic mass is 9.87. The van der Waals surface area contributed by atoms with Crippen molar-refractivity contribution in [3.8, 4) is 5.75 Å². The zero-order valence-electron chi connectivity index (χ0n) is 15.6. The third kappa shape index (κ3) is 3.90. The normalized spacial score (nSPS) is 16.2. The number of piperidine rings is 1. The van der Waals surface area contributed by atoms with Gasteiger partial charge in [0.15, 0.2) is 0 Å². The van der Waals surface area contributed by atoms with E-state index in [4.69, 9.17) is 4.74 Å². The van der Waals surface area contributed by atoms with E-state index in [-0.39, 0.29) is 5.91 Å². The van der Waals surface area contributed by atoms with Gasteiger partial charge in [0.25, 0.3) is 0 Å². The first kappa shape index (κ1) is 18.5. The van der Waals surface area contributed by atoms with E-state index in [9.17, 15) is 4.79 Å². The highest BCUT2D eigenvalue weighted by Gasteiger charge is 2.41. The molecule has 1 fully saturated rings. The standard InChI is InChI=1S/C20H28N4O2/c1-3-13-26-18-14-16(2)5-6-17(18)15-22-19(25)20(7-10-21-11-8-20)24-12-4-9-23-24/h4-6,9,12,14,21H,3,7-8,10-11,13,15H2,1-2H3,(H,22,25). The minimum Gasteiger partial charge on any atom is -0.493 e. The van der Waals surface area contributed by atoms with Crippen LogP contribution < -0.4 is 15.4 Å². The first-order valence-corrected chi connectivity index (χ1v) is 9.37. The van der Waals surface area contributed by atoms with Crippen molar-refractivity contribution in [2.24, 2.45) is 0 Å². The summed E-state index contributed by atoms with van der Waals surface area (Å²) in [6.45, 7) is 6.87. The van der Waals surface area contributed by atoms with Crippen LogP contribution in [0.2, 0.25) is 0 Å². The van der Waals surface area contributed by atoms with E-state index >= 15 is 0 Å². The molecule has 1 aromatic carbocycles. The van der Waals surface area contributed by atoms with Gasteiger partial charge in [-0.2, -0.15) is 5.10 Å². The van der Waals surface area contributed by atoms with E-state index in [0.717, 1.165) is 49.2 Å². The lowest BCUT2D eigenvalue weighted by Gasteiger charge is -2.36. The van der Waals surface area contributed by atoms with Gasteiger partial charge in [-0.3, -0.25) is 9.48 Å². The maximum absolute atomic E-state index is 13.1. The molecule has 0 unspecified atom stereocenters. The Morgan fingerprint density at radius 2 is 2.19 bits per heavy atom. The fraction of sp³-hybridized carbons (Fsp3) is 0.500. The molecule has 0 radical (unpaired) electrons. The van der Waals surface area contributed by atoms with Crippen molar-refractivity contribution in [3.63, 3.8) is 0 Å². The fourth-order valence-electron chi connectivity index (χ4n) is 3.42. The summed E-state index contributed by atoms with van der Waals surface area (Å²) >= 11 is 0. The molecular weight excluding hydrogens is 328 g/mol. The molecule has 2 heterocycles. The van der Waals surface area contributed by atoms with Gasteiger partial charge in [0.2, 0.25) is 5.91 Å². The number of amides is 1. The minimum absolute atomic E-state index is 0.0183. The highest BCUT2D eigenvalue weighted by atomic mass is 16.5.